The van der Waals surface area contributed by atoms with Crippen LogP contribution in [0, 0.1) is 17.3 Å². The van der Waals surface area contributed by atoms with Crippen molar-refractivity contribution in [3.8, 4) is 0 Å². The summed E-state index contributed by atoms with van der Waals surface area (Å²) < 4.78 is 0. The van der Waals surface area contributed by atoms with Gasteiger partial charge in [0, 0.05) is 0 Å². The summed E-state index contributed by atoms with van der Waals surface area (Å²) in [6.45, 7) is 2.26. The Kier molecular flexibility index (Phi) is 6.57. The average Bonchev–Trinajstić information content (AvgIpc) is 2.53. The summed E-state index contributed by atoms with van der Waals surface area (Å²) >= 11 is 0. The maximum atomic E-state index is 11.9. The summed E-state index contributed by atoms with van der Waals surface area (Å²) in [4.78, 5) is 11.9. The van der Waals surface area contributed by atoms with Crippen LogP contribution in [0.25, 0.3) is 0 Å². The Labute approximate surface area is 130 Å². The van der Waals surface area contributed by atoms with Crippen LogP contribution in [0.3, 0.4) is 0 Å². The SMILES string of the molecule is CCCCCCC1CCC(C2(C(=O)O)CCCCC2)CC1. The van der Waals surface area contributed by atoms with Gasteiger partial charge in [0.15, 0.2) is 0 Å². The summed E-state index contributed by atoms with van der Waals surface area (Å²) in [6.07, 6.45) is 17.1. The number of carbonyl (C=O) groups is 1. The van der Waals surface area contributed by atoms with Crippen molar-refractivity contribution in [3.05, 3.63) is 0 Å². The largest absolute Gasteiger partial charge is 0.481 e. The van der Waals surface area contributed by atoms with Crippen LogP contribution < -0.4 is 0 Å². The highest BCUT2D eigenvalue weighted by atomic mass is 16.4. The molecule has 0 spiro atoms. The van der Waals surface area contributed by atoms with E-state index in [-0.39, 0.29) is 5.41 Å². The fraction of sp³-hybridized carbons (Fsp3) is 0.947. The molecule has 0 aromatic heterocycles. The van der Waals surface area contributed by atoms with Gasteiger partial charge in [0.25, 0.3) is 0 Å². The Bertz CT molecular complexity index is 310. The number of unbranched alkanes of at least 4 members (excludes halogenated alkanes) is 3. The molecule has 0 amide bonds. The maximum absolute atomic E-state index is 11.9. The quantitative estimate of drug-likeness (QED) is 0.603. The van der Waals surface area contributed by atoms with Gasteiger partial charge < -0.3 is 5.11 Å². The second-order valence-corrected chi connectivity index (χ2v) is 7.59. The minimum atomic E-state index is -0.492. The first-order chi connectivity index (χ1) is 10.2. The molecule has 0 aromatic rings. The van der Waals surface area contributed by atoms with Crippen LogP contribution in [0.15, 0.2) is 0 Å². The van der Waals surface area contributed by atoms with Crippen molar-refractivity contribution in [2.45, 2.75) is 96.8 Å². The van der Waals surface area contributed by atoms with Gasteiger partial charge in [0.1, 0.15) is 0 Å². The van der Waals surface area contributed by atoms with Gasteiger partial charge in [0.2, 0.25) is 0 Å². The molecule has 2 nitrogen and oxygen atoms in total. The van der Waals surface area contributed by atoms with Crippen LogP contribution in [-0.2, 0) is 4.79 Å². The van der Waals surface area contributed by atoms with Crippen molar-refractivity contribution in [1.82, 2.24) is 0 Å². The Morgan fingerprint density at radius 1 is 1.00 bits per heavy atom. The molecule has 0 unspecified atom stereocenters. The highest BCUT2D eigenvalue weighted by Gasteiger charge is 2.46. The van der Waals surface area contributed by atoms with Crippen LogP contribution in [0.1, 0.15) is 96.8 Å². The van der Waals surface area contributed by atoms with Crippen LogP contribution >= 0.6 is 0 Å². The van der Waals surface area contributed by atoms with Gasteiger partial charge in [-0.25, -0.2) is 0 Å². The van der Waals surface area contributed by atoms with Crippen LogP contribution in [0.2, 0.25) is 0 Å². The Morgan fingerprint density at radius 3 is 2.24 bits per heavy atom. The molecule has 21 heavy (non-hydrogen) atoms. The third-order valence-electron chi connectivity index (χ3n) is 6.27. The molecule has 2 rings (SSSR count). The predicted molar refractivity (Wildman–Crippen MR) is 87.4 cm³/mol. The standard InChI is InChI=1S/C19H34O2/c1-2-3-4-6-9-16-10-12-17(13-11-16)19(18(20)21)14-7-5-8-15-19/h16-17H,2-15H2,1H3,(H,20,21). The minimum Gasteiger partial charge on any atom is -0.481 e. The molecule has 2 fully saturated rings. The predicted octanol–water partition coefficient (Wildman–Crippen LogP) is 5.80. The van der Waals surface area contributed by atoms with Gasteiger partial charge in [-0.1, -0.05) is 71.1 Å². The summed E-state index contributed by atoms with van der Waals surface area (Å²) in [7, 11) is 0. The van der Waals surface area contributed by atoms with Gasteiger partial charge in [-0.15, -0.1) is 0 Å². The summed E-state index contributed by atoms with van der Waals surface area (Å²) in [6, 6.07) is 0. The number of rotatable bonds is 7. The zero-order chi connectivity index (χ0) is 15.1. The number of hydrogen-bond acceptors (Lipinski definition) is 1. The molecule has 0 aliphatic heterocycles. The third-order valence-corrected chi connectivity index (χ3v) is 6.27. The monoisotopic (exact) mass is 294 g/mol. The molecule has 122 valence electrons. The lowest BCUT2D eigenvalue weighted by atomic mass is 9.60. The molecule has 0 heterocycles. The topological polar surface area (TPSA) is 37.3 Å². The molecule has 0 bridgehead atoms. The lowest BCUT2D eigenvalue weighted by molar-refractivity contribution is -0.157. The van der Waals surface area contributed by atoms with Crippen LogP contribution in [0.5, 0.6) is 0 Å². The van der Waals surface area contributed by atoms with Gasteiger partial charge in [-0.05, 0) is 37.5 Å². The first-order valence-electron chi connectivity index (χ1n) is 9.42. The molecule has 2 saturated carbocycles. The van der Waals surface area contributed by atoms with E-state index in [1.807, 2.05) is 0 Å². The van der Waals surface area contributed by atoms with Crippen molar-refractivity contribution in [1.29, 1.82) is 0 Å². The molecule has 0 radical (unpaired) electrons. The van der Waals surface area contributed by atoms with Gasteiger partial charge in [0.05, 0.1) is 5.41 Å². The molecule has 2 aliphatic carbocycles. The van der Waals surface area contributed by atoms with E-state index in [0.717, 1.165) is 31.6 Å². The van der Waals surface area contributed by atoms with E-state index >= 15 is 0 Å². The first kappa shape index (κ1) is 16.8. The van der Waals surface area contributed by atoms with Crippen molar-refractivity contribution in [2.75, 3.05) is 0 Å². The lowest BCUT2D eigenvalue weighted by Crippen LogP contribution is -2.42. The van der Waals surface area contributed by atoms with E-state index < -0.39 is 5.97 Å². The molecule has 0 saturated heterocycles. The van der Waals surface area contributed by atoms with E-state index in [1.165, 1.54) is 64.2 Å². The van der Waals surface area contributed by atoms with Crippen LogP contribution in [-0.4, -0.2) is 11.1 Å². The lowest BCUT2D eigenvalue weighted by Gasteiger charge is -2.43. The highest BCUT2D eigenvalue weighted by Crippen LogP contribution is 2.49. The van der Waals surface area contributed by atoms with E-state index in [4.69, 9.17) is 0 Å². The fourth-order valence-corrected chi connectivity index (χ4v) is 4.84. The summed E-state index contributed by atoms with van der Waals surface area (Å²) in [5, 5.41) is 9.81. The number of carboxylic acid groups (broad SMARTS) is 1. The number of carboxylic acids is 1. The summed E-state index contributed by atoms with van der Waals surface area (Å²) in [5.41, 5.74) is -0.356. The zero-order valence-corrected chi connectivity index (χ0v) is 13.9. The van der Waals surface area contributed by atoms with Crippen molar-refractivity contribution >= 4 is 5.97 Å². The molecule has 2 heteroatoms. The molecule has 1 N–H and O–H groups in total. The van der Waals surface area contributed by atoms with Gasteiger partial charge in [-0.3, -0.25) is 4.79 Å². The highest BCUT2D eigenvalue weighted by molar-refractivity contribution is 5.75. The smallest absolute Gasteiger partial charge is 0.309 e. The van der Waals surface area contributed by atoms with Gasteiger partial charge >= 0.3 is 5.97 Å². The molecular weight excluding hydrogens is 260 g/mol. The van der Waals surface area contributed by atoms with Gasteiger partial charge in [-0.2, -0.15) is 0 Å². The van der Waals surface area contributed by atoms with E-state index in [9.17, 15) is 9.90 Å². The number of hydrogen-bond donors (Lipinski definition) is 1. The molecule has 2 aliphatic rings. The second kappa shape index (κ2) is 8.19. The van der Waals surface area contributed by atoms with Crippen molar-refractivity contribution in [3.63, 3.8) is 0 Å². The zero-order valence-electron chi connectivity index (χ0n) is 13.9. The molecule has 0 aromatic carbocycles. The molecular formula is C19H34O2. The normalized spacial score (nSPS) is 29.2. The minimum absolute atomic E-state index is 0.356. The van der Waals surface area contributed by atoms with Crippen LogP contribution in [0.4, 0.5) is 0 Å². The Morgan fingerprint density at radius 2 is 1.67 bits per heavy atom. The molecule has 0 atom stereocenters. The fourth-order valence-electron chi connectivity index (χ4n) is 4.84. The van der Waals surface area contributed by atoms with Crippen molar-refractivity contribution < 1.29 is 9.90 Å². The third kappa shape index (κ3) is 4.23. The first-order valence-corrected chi connectivity index (χ1v) is 9.42. The van der Waals surface area contributed by atoms with Crippen molar-refractivity contribution in [2.24, 2.45) is 17.3 Å². The Hall–Kier alpha value is -0.530. The average molecular weight is 294 g/mol. The van der Waals surface area contributed by atoms with E-state index in [2.05, 4.69) is 6.92 Å². The Balaban J connectivity index is 1.80. The second-order valence-electron chi connectivity index (χ2n) is 7.59. The van der Waals surface area contributed by atoms with E-state index in [1.54, 1.807) is 0 Å². The van der Waals surface area contributed by atoms with E-state index in [0.29, 0.717) is 5.92 Å². The maximum Gasteiger partial charge on any atom is 0.309 e. The number of aliphatic carboxylic acids is 1. The summed E-state index contributed by atoms with van der Waals surface area (Å²) in [5.74, 6) is 0.850.